The third kappa shape index (κ3) is 8.71. The highest BCUT2D eigenvalue weighted by molar-refractivity contribution is 7.92. The van der Waals surface area contributed by atoms with Gasteiger partial charge in [-0.25, -0.2) is 12.8 Å². The number of rotatable bonds is 14. The number of hydrogen-bond donors (Lipinski definition) is 1. The van der Waals surface area contributed by atoms with E-state index in [9.17, 15) is 18.0 Å². The van der Waals surface area contributed by atoms with Gasteiger partial charge < -0.3 is 10.2 Å². The van der Waals surface area contributed by atoms with Gasteiger partial charge in [-0.3, -0.25) is 13.9 Å². The number of aryl methyl sites for hydroxylation is 1. The number of anilines is 1. The Balaban J connectivity index is 1.80. The molecule has 0 aromatic heterocycles. The fourth-order valence-electron chi connectivity index (χ4n) is 4.88. The molecule has 4 aromatic carbocycles. The lowest BCUT2D eigenvalue weighted by Gasteiger charge is -2.34. The molecular weight excluding hydrogens is 613 g/mol. The molecule has 0 aliphatic heterocycles. The van der Waals surface area contributed by atoms with Crippen LogP contribution in [0.4, 0.5) is 10.1 Å². The Morgan fingerprint density at radius 3 is 2.20 bits per heavy atom. The molecule has 4 rings (SSSR count). The van der Waals surface area contributed by atoms with Crippen LogP contribution >= 0.6 is 11.6 Å². The van der Waals surface area contributed by atoms with Crippen LogP contribution in [0.3, 0.4) is 0 Å². The number of nitrogens with zero attached hydrogens (tertiary/aromatic N) is 2. The first kappa shape index (κ1) is 33.7. The third-order valence-electron chi connectivity index (χ3n) is 7.41. The maximum absolute atomic E-state index is 15.0. The zero-order valence-electron chi connectivity index (χ0n) is 25.3. The molecule has 0 bridgehead atoms. The first-order chi connectivity index (χ1) is 21.6. The predicted molar refractivity (Wildman–Crippen MR) is 176 cm³/mol. The molecule has 7 nitrogen and oxygen atoms in total. The zero-order chi connectivity index (χ0) is 32.4. The zero-order valence-corrected chi connectivity index (χ0v) is 26.9. The summed E-state index contributed by atoms with van der Waals surface area (Å²) < 4.78 is 44.2. The molecule has 0 fully saturated rings. The Morgan fingerprint density at radius 1 is 0.889 bits per heavy atom. The number of halogens is 2. The van der Waals surface area contributed by atoms with Crippen LogP contribution in [0.2, 0.25) is 5.02 Å². The molecule has 10 heteroatoms. The number of hydrogen-bond acceptors (Lipinski definition) is 4. The third-order valence-corrected chi connectivity index (χ3v) is 9.50. The van der Waals surface area contributed by atoms with E-state index in [0.29, 0.717) is 6.54 Å². The van der Waals surface area contributed by atoms with Crippen LogP contribution < -0.4 is 9.62 Å². The fourth-order valence-corrected chi connectivity index (χ4v) is 6.60. The van der Waals surface area contributed by atoms with Crippen molar-refractivity contribution < 1.29 is 22.4 Å². The Kier molecular flexibility index (Phi) is 11.7. The molecule has 45 heavy (non-hydrogen) atoms. The summed E-state index contributed by atoms with van der Waals surface area (Å²) in [6, 6.07) is 26.7. The smallest absolute Gasteiger partial charge is 0.264 e. The van der Waals surface area contributed by atoms with Crippen LogP contribution in [0.25, 0.3) is 0 Å². The van der Waals surface area contributed by atoms with E-state index in [0.717, 1.165) is 28.3 Å². The lowest BCUT2D eigenvalue weighted by Crippen LogP contribution is -2.53. The SMILES string of the molecule is CCCCNC(=O)[C@@H](Cc1ccccc1)N(Cc1ccccc1F)C(=O)CN(c1ccccc1Cl)S(=O)(=O)c1ccc(C)cc1. The molecule has 4 aromatic rings. The Morgan fingerprint density at radius 2 is 1.53 bits per heavy atom. The van der Waals surface area contributed by atoms with E-state index in [-0.39, 0.29) is 34.1 Å². The maximum Gasteiger partial charge on any atom is 0.264 e. The van der Waals surface area contributed by atoms with Crippen molar-refractivity contribution in [1.82, 2.24) is 10.2 Å². The van der Waals surface area contributed by atoms with Crippen molar-refractivity contribution in [1.29, 1.82) is 0 Å². The molecule has 236 valence electrons. The standard InChI is InChI=1S/C35H37ClFN3O4S/c1-3-4-22-38-35(42)33(23-27-12-6-5-7-13-27)39(24-28-14-8-10-16-31(28)37)34(41)25-40(32-17-11-9-15-30(32)36)45(43,44)29-20-18-26(2)19-21-29/h5-21,33H,3-4,22-25H2,1-2H3,(H,38,42)/t33-/m1/s1. The summed E-state index contributed by atoms with van der Waals surface area (Å²) in [5.41, 5.74) is 1.94. The molecule has 2 amide bonds. The van der Waals surface area contributed by atoms with Gasteiger partial charge in [-0.05, 0) is 49.2 Å². The molecule has 1 atom stereocenters. The van der Waals surface area contributed by atoms with Gasteiger partial charge in [0, 0.05) is 25.1 Å². The molecule has 1 N–H and O–H groups in total. The minimum atomic E-state index is -4.30. The summed E-state index contributed by atoms with van der Waals surface area (Å²) in [5.74, 6) is -1.65. The van der Waals surface area contributed by atoms with Gasteiger partial charge in [-0.2, -0.15) is 0 Å². The normalized spacial score (nSPS) is 11.9. The number of unbranched alkanes of at least 4 members (excludes halogenated alkanes) is 1. The lowest BCUT2D eigenvalue weighted by atomic mass is 10.0. The van der Waals surface area contributed by atoms with Crippen molar-refractivity contribution in [2.45, 2.75) is 50.6 Å². The fraction of sp³-hybridized carbons (Fsp3) is 0.257. The molecule has 0 unspecified atom stereocenters. The van der Waals surface area contributed by atoms with Crippen LogP contribution in [0.5, 0.6) is 0 Å². The number of carbonyl (C=O) groups is 2. The first-order valence-corrected chi connectivity index (χ1v) is 16.6. The van der Waals surface area contributed by atoms with E-state index in [1.807, 2.05) is 44.2 Å². The molecule has 0 heterocycles. The topological polar surface area (TPSA) is 86.8 Å². The number of carbonyl (C=O) groups excluding carboxylic acids is 2. The van der Waals surface area contributed by atoms with Crippen molar-refractivity contribution in [3.63, 3.8) is 0 Å². The predicted octanol–water partition coefficient (Wildman–Crippen LogP) is 6.54. The highest BCUT2D eigenvalue weighted by Gasteiger charge is 2.35. The summed E-state index contributed by atoms with van der Waals surface area (Å²) in [6.45, 7) is 3.30. The van der Waals surface area contributed by atoms with E-state index in [2.05, 4.69) is 5.32 Å². The van der Waals surface area contributed by atoms with Crippen molar-refractivity contribution in [2.24, 2.45) is 0 Å². The monoisotopic (exact) mass is 649 g/mol. The van der Waals surface area contributed by atoms with E-state index >= 15 is 4.39 Å². The van der Waals surface area contributed by atoms with Crippen LogP contribution in [0, 0.1) is 12.7 Å². The van der Waals surface area contributed by atoms with Crippen molar-refractivity contribution in [2.75, 3.05) is 17.4 Å². The molecule has 0 spiro atoms. The van der Waals surface area contributed by atoms with Crippen LogP contribution in [-0.4, -0.2) is 44.3 Å². The number of para-hydroxylation sites is 1. The molecule has 0 radical (unpaired) electrons. The summed E-state index contributed by atoms with van der Waals surface area (Å²) in [6.07, 6.45) is 1.72. The van der Waals surface area contributed by atoms with Gasteiger partial charge in [-0.1, -0.05) is 103 Å². The van der Waals surface area contributed by atoms with E-state index in [1.54, 1.807) is 36.4 Å². The Bertz CT molecular complexity index is 1700. The molecule has 0 saturated heterocycles. The maximum atomic E-state index is 15.0. The number of sulfonamides is 1. The van der Waals surface area contributed by atoms with Gasteiger partial charge in [0.1, 0.15) is 18.4 Å². The van der Waals surface area contributed by atoms with Gasteiger partial charge in [0.05, 0.1) is 15.6 Å². The average molecular weight is 650 g/mol. The minimum absolute atomic E-state index is 0.0281. The quantitative estimate of drug-likeness (QED) is 0.157. The second-order valence-corrected chi connectivity index (χ2v) is 13.0. The van der Waals surface area contributed by atoms with Crippen LogP contribution in [0.15, 0.2) is 108 Å². The van der Waals surface area contributed by atoms with Gasteiger partial charge in [-0.15, -0.1) is 0 Å². The second kappa shape index (κ2) is 15.7. The average Bonchev–Trinajstić information content (AvgIpc) is 3.03. The van der Waals surface area contributed by atoms with Gasteiger partial charge in [0.2, 0.25) is 11.8 Å². The van der Waals surface area contributed by atoms with Crippen molar-refractivity contribution >= 4 is 39.1 Å². The minimum Gasteiger partial charge on any atom is -0.354 e. The molecule has 0 aliphatic rings. The number of nitrogens with one attached hydrogen (secondary N) is 1. The number of benzene rings is 4. The van der Waals surface area contributed by atoms with E-state index < -0.39 is 40.2 Å². The Labute approximate surface area is 269 Å². The van der Waals surface area contributed by atoms with E-state index in [1.165, 1.54) is 41.3 Å². The largest absolute Gasteiger partial charge is 0.354 e. The van der Waals surface area contributed by atoms with Gasteiger partial charge >= 0.3 is 0 Å². The summed E-state index contributed by atoms with van der Waals surface area (Å²) >= 11 is 6.50. The highest BCUT2D eigenvalue weighted by atomic mass is 35.5. The van der Waals surface area contributed by atoms with E-state index in [4.69, 9.17) is 11.6 Å². The second-order valence-electron chi connectivity index (χ2n) is 10.7. The van der Waals surface area contributed by atoms with Crippen molar-refractivity contribution in [3.05, 3.63) is 131 Å². The van der Waals surface area contributed by atoms with Gasteiger partial charge in [0.25, 0.3) is 10.0 Å². The van der Waals surface area contributed by atoms with Crippen molar-refractivity contribution in [3.8, 4) is 0 Å². The first-order valence-electron chi connectivity index (χ1n) is 14.8. The molecular formula is C35H37ClFN3O4S. The molecule has 0 aliphatic carbocycles. The Hall–Kier alpha value is -4.21. The van der Waals surface area contributed by atoms with Gasteiger partial charge in [0.15, 0.2) is 0 Å². The highest BCUT2D eigenvalue weighted by Crippen LogP contribution is 2.31. The lowest BCUT2D eigenvalue weighted by molar-refractivity contribution is -0.140. The number of amides is 2. The summed E-state index contributed by atoms with van der Waals surface area (Å²) in [5, 5.41) is 3.04. The summed E-state index contributed by atoms with van der Waals surface area (Å²) in [4.78, 5) is 29.4. The van der Waals surface area contributed by atoms with Crippen LogP contribution in [0.1, 0.15) is 36.5 Å². The molecule has 0 saturated carbocycles. The summed E-state index contributed by atoms with van der Waals surface area (Å²) in [7, 11) is -4.30. The van der Waals surface area contributed by atoms with Crippen LogP contribution in [-0.2, 0) is 32.6 Å².